The van der Waals surface area contributed by atoms with Gasteiger partial charge in [0, 0.05) is 6.04 Å². The average Bonchev–Trinajstić information content (AvgIpc) is 2.32. The Morgan fingerprint density at radius 1 is 1.46 bits per heavy atom. The van der Waals surface area contributed by atoms with Gasteiger partial charge >= 0.3 is 12.1 Å². The Labute approximate surface area is 72.9 Å². The summed E-state index contributed by atoms with van der Waals surface area (Å²) in [5, 5.41) is 10.6. The third-order valence-corrected chi connectivity index (χ3v) is 2.06. The van der Waals surface area contributed by atoms with Crippen LogP contribution in [-0.2, 0) is 4.79 Å². The molecular weight excluding hydrogens is 187 g/mol. The van der Waals surface area contributed by atoms with Crippen molar-refractivity contribution in [3.05, 3.63) is 0 Å². The van der Waals surface area contributed by atoms with Gasteiger partial charge in [0.15, 0.2) is 0 Å². The van der Waals surface area contributed by atoms with Gasteiger partial charge in [-0.15, -0.1) is 0 Å². The Hall–Kier alpha value is -0.780. The fourth-order valence-electron chi connectivity index (χ4n) is 1.45. The van der Waals surface area contributed by atoms with Crippen LogP contribution in [0.4, 0.5) is 13.2 Å². The highest BCUT2D eigenvalue weighted by Gasteiger charge is 2.44. The molecule has 1 rings (SSSR count). The molecule has 0 aromatic rings. The number of carboxylic acids is 1. The van der Waals surface area contributed by atoms with Crippen molar-refractivity contribution in [1.29, 1.82) is 0 Å². The molecule has 2 atom stereocenters. The minimum absolute atomic E-state index is 0.0263. The monoisotopic (exact) mass is 197 g/mol. The maximum absolute atomic E-state index is 12.1. The molecule has 6 heteroatoms. The quantitative estimate of drug-likeness (QED) is 0.698. The lowest BCUT2D eigenvalue weighted by Crippen LogP contribution is -2.41. The van der Waals surface area contributed by atoms with E-state index in [1.165, 1.54) is 0 Å². The molecule has 1 aliphatic rings. The largest absolute Gasteiger partial charge is 0.481 e. The molecule has 0 amide bonds. The van der Waals surface area contributed by atoms with Crippen molar-refractivity contribution < 1.29 is 23.1 Å². The summed E-state index contributed by atoms with van der Waals surface area (Å²) < 4.78 is 36.2. The highest BCUT2D eigenvalue weighted by molar-refractivity contribution is 5.67. The van der Waals surface area contributed by atoms with Crippen LogP contribution < -0.4 is 5.32 Å². The van der Waals surface area contributed by atoms with Gasteiger partial charge in [0.25, 0.3) is 0 Å². The molecule has 1 heterocycles. The van der Waals surface area contributed by atoms with E-state index in [1.807, 2.05) is 0 Å². The van der Waals surface area contributed by atoms with Gasteiger partial charge in [0.05, 0.1) is 6.42 Å². The molecule has 3 nitrogen and oxygen atoms in total. The first kappa shape index (κ1) is 10.3. The summed E-state index contributed by atoms with van der Waals surface area (Å²) in [6.45, 7) is 0. The maximum atomic E-state index is 12.1. The normalized spacial score (nSPS) is 29.2. The molecule has 0 aromatic heterocycles. The lowest BCUT2D eigenvalue weighted by molar-refractivity contribution is -0.153. The molecule has 0 aromatic carbocycles. The van der Waals surface area contributed by atoms with Crippen LogP contribution in [0.25, 0.3) is 0 Å². The second-order valence-electron chi connectivity index (χ2n) is 3.13. The Morgan fingerprint density at radius 2 is 2.08 bits per heavy atom. The van der Waals surface area contributed by atoms with Crippen molar-refractivity contribution in [2.45, 2.75) is 37.5 Å². The first-order chi connectivity index (χ1) is 5.89. The Morgan fingerprint density at radius 3 is 2.46 bits per heavy atom. The minimum Gasteiger partial charge on any atom is -0.481 e. The fraction of sp³-hybridized carbons (Fsp3) is 0.857. The average molecular weight is 197 g/mol. The molecule has 2 N–H and O–H groups in total. The highest BCUT2D eigenvalue weighted by atomic mass is 19.4. The van der Waals surface area contributed by atoms with E-state index < -0.39 is 24.2 Å². The predicted molar refractivity (Wildman–Crippen MR) is 38.3 cm³/mol. The molecule has 0 bridgehead atoms. The van der Waals surface area contributed by atoms with Crippen molar-refractivity contribution in [3.8, 4) is 0 Å². The molecule has 0 aliphatic carbocycles. The molecular formula is C7H10F3NO2. The number of rotatable bonds is 2. The lowest BCUT2D eigenvalue weighted by atomic mass is 10.1. The summed E-state index contributed by atoms with van der Waals surface area (Å²) >= 11 is 0. The minimum atomic E-state index is -4.26. The molecule has 76 valence electrons. The van der Waals surface area contributed by atoms with Gasteiger partial charge in [0.2, 0.25) is 0 Å². The van der Waals surface area contributed by atoms with Crippen LogP contribution in [0.5, 0.6) is 0 Å². The zero-order valence-electron chi connectivity index (χ0n) is 6.77. The molecule has 0 unspecified atom stereocenters. The van der Waals surface area contributed by atoms with E-state index in [2.05, 4.69) is 5.32 Å². The maximum Gasteiger partial charge on any atom is 0.403 e. The van der Waals surface area contributed by atoms with Crippen LogP contribution in [0.3, 0.4) is 0 Å². The van der Waals surface area contributed by atoms with E-state index in [0.717, 1.165) is 0 Å². The Kier molecular flexibility index (Phi) is 2.80. The number of halogens is 3. The second-order valence-corrected chi connectivity index (χ2v) is 3.13. The zero-order chi connectivity index (χ0) is 10.1. The van der Waals surface area contributed by atoms with Crippen molar-refractivity contribution in [1.82, 2.24) is 5.32 Å². The highest BCUT2D eigenvalue weighted by Crippen LogP contribution is 2.29. The summed E-state index contributed by atoms with van der Waals surface area (Å²) in [5.41, 5.74) is 0. The first-order valence-corrected chi connectivity index (χ1v) is 3.94. The molecule has 0 saturated carbocycles. The third-order valence-electron chi connectivity index (χ3n) is 2.06. The van der Waals surface area contributed by atoms with Gasteiger partial charge in [-0.25, -0.2) is 0 Å². The number of alkyl halides is 3. The summed E-state index contributed by atoms with van der Waals surface area (Å²) in [7, 11) is 0. The SMILES string of the molecule is O=C(O)C[C@H]1CC[C@H](C(F)(F)F)N1. The van der Waals surface area contributed by atoms with Crippen LogP contribution in [0, 0.1) is 0 Å². The fourth-order valence-corrected chi connectivity index (χ4v) is 1.45. The number of carbonyl (C=O) groups is 1. The summed E-state index contributed by atoms with van der Waals surface area (Å²) in [5.74, 6) is -1.07. The number of carboxylic acid groups (broad SMARTS) is 1. The van der Waals surface area contributed by atoms with Crippen LogP contribution in [-0.4, -0.2) is 29.3 Å². The van der Waals surface area contributed by atoms with Gasteiger partial charge in [-0.05, 0) is 12.8 Å². The standard InChI is InChI=1S/C7H10F3NO2/c8-7(9,10)5-2-1-4(11-5)3-6(12)13/h4-5,11H,1-3H2,(H,12,13)/t4-,5-/m1/s1. The number of hydrogen-bond donors (Lipinski definition) is 2. The van der Waals surface area contributed by atoms with Crippen LogP contribution in [0.15, 0.2) is 0 Å². The zero-order valence-corrected chi connectivity index (χ0v) is 6.77. The smallest absolute Gasteiger partial charge is 0.403 e. The predicted octanol–water partition coefficient (Wildman–Crippen LogP) is 1.14. The summed E-state index contributed by atoms with van der Waals surface area (Å²) in [6.07, 6.45) is -4.25. The van der Waals surface area contributed by atoms with Gasteiger partial charge in [-0.2, -0.15) is 13.2 Å². The van der Waals surface area contributed by atoms with Gasteiger partial charge in [0.1, 0.15) is 6.04 Å². The van der Waals surface area contributed by atoms with Crippen LogP contribution in [0.1, 0.15) is 19.3 Å². The summed E-state index contributed by atoms with van der Waals surface area (Å²) in [4.78, 5) is 10.2. The van der Waals surface area contributed by atoms with E-state index in [0.29, 0.717) is 0 Å². The molecule has 13 heavy (non-hydrogen) atoms. The van der Waals surface area contributed by atoms with E-state index in [9.17, 15) is 18.0 Å². The number of nitrogens with one attached hydrogen (secondary N) is 1. The van der Waals surface area contributed by atoms with Crippen LogP contribution >= 0.6 is 0 Å². The Balaban J connectivity index is 2.41. The molecule has 1 aliphatic heterocycles. The molecule has 1 fully saturated rings. The van der Waals surface area contributed by atoms with E-state index in [-0.39, 0.29) is 19.3 Å². The van der Waals surface area contributed by atoms with E-state index >= 15 is 0 Å². The molecule has 1 saturated heterocycles. The van der Waals surface area contributed by atoms with Gasteiger partial charge in [-0.1, -0.05) is 0 Å². The second kappa shape index (κ2) is 3.53. The van der Waals surface area contributed by atoms with Crippen molar-refractivity contribution >= 4 is 5.97 Å². The van der Waals surface area contributed by atoms with Crippen molar-refractivity contribution in [2.75, 3.05) is 0 Å². The Bertz CT molecular complexity index is 204. The number of aliphatic carboxylic acids is 1. The molecule has 0 spiro atoms. The van der Waals surface area contributed by atoms with E-state index in [4.69, 9.17) is 5.11 Å². The van der Waals surface area contributed by atoms with E-state index in [1.54, 1.807) is 0 Å². The lowest BCUT2D eigenvalue weighted by Gasteiger charge is -2.15. The topological polar surface area (TPSA) is 49.3 Å². The number of hydrogen-bond acceptors (Lipinski definition) is 2. The first-order valence-electron chi connectivity index (χ1n) is 3.94. The van der Waals surface area contributed by atoms with Gasteiger partial charge < -0.3 is 10.4 Å². The van der Waals surface area contributed by atoms with Crippen LogP contribution in [0.2, 0.25) is 0 Å². The van der Waals surface area contributed by atoms with Gasteiger partial charge in [-0.3, -0.25) is 4.79 Å². The molecule has 0 radical (unpaired) electrons. The van der Waals surface area contributed by atoms with Crippen molar-refractivity contribution in [2.24, 2.45) is 0 Å². The summed E-state index contributed by atoms with van der Waals surface area (Å²) in [6, 6.07) is -2.07. The van der Waals surface area contributed by atoms with Crippen molar-refractivity contribution in [3.63, 3.8) is 0 Å². The third kappa shape index (κ3) is 2.87.